The maximum absolute atomic E-state index is 12.4. The Balaban J connectivity index is 1.95. The molecular weight excluding hydrogens is 400 g/mol. The first-order chi connectivity index (χ1) is 12.6. The molecule has 0 unspecified atom stereocenters. The van der Waals surface area contributed by atoms with E-state index in [9.17, 15) is 9.59 Å². The fraction of sp³-hybridized carbons (Fsp3) is 0.105. The largest absolute Gasteiger partial charge is 0.461 e. The lowest BCUT2D eigenvalue weighted by atomic mass is 10.2. The van der Waals surface area contributed by atoms with Gasteiger partial charge in [0.25, 0.3) is 0 Å². The van der Waals surface area contributed by atoms with Crippen molar-refractivity contribution >= 4 is 27.9 Å². The van der Waals surface area contributed by atoms with Gasteiger partial charge >= 0.3 is 11.9 Å². The third-order valence-electron chi connectivity index (χ3n) is 3.44. The highest BCUT2D eigenvalue weighted by molar-refractivity contribution is 9.10. The van der Waals surface area contributed by atoms with E-state index in [1.807, 2.05) is 18.2 Å². The van der Waals surface area contributed by atoms with Crippen molar-refractivity contribution < 1.29 is 19.1 Å². The lowest BCUT2D eigenvalue weighted by Gasteiger charge is -2.07. The van der Waals surface area contributed by atoms with Crippen LogP contribution in [0, 0.1) is 0 Å². The van der Waals surface area contributed by atoms with Crippen LogP contribution in [-0.4, -0.2) is 28.3 Å². The molecule has 0 fully saturated rings. The third-order valence-corrected chi connectivity index (χ3v) is 3.97. The van der Waals surface area contributed by atoms with Crippen LogP contribution in [0.3, 0.4) is 0 Å². The number of aromatic nitrogens is 2. The minimum atomic E-state index is -0.580. The molecule has 3 aromatic rings. The van der Waals surface area contributed by atoms with Crippen LogP contribution in [0.15, 0.2) is 65.1 Å². The van der Waals surface area contributed by atoms with E-state index in [4.69, 9.17) is 9.47 Å². The number of nitrogens with zero attached hydrogens (tertiary/aromatic N) is 2. The molecule has 2 aromatic carbocycles. The minimum absolute atomic E-state index is 0.0642. The van der Waals surface area contributed by atoms with Gasteiger partial charge in [-0.3, -0.25) is 0 Å². The van der Waals surface area contributed by atoms with Crippen LogP contribution in [-0.2, 0) is 4.74 Å². The maximum Gasteiger partial charge on any atom is 0.358 e. The molecule has 0 atom stereocenters. The van der Waals surface area contributed by atoms with Gasteiger partial charge in [-0.1, -0.05) is 34.1 Å². The quantitative estimate of drug-likeness (QED) is 0.589. The van der Waals surface area contributed by atoms with Gasteiger partial charge in [0, 0.05) is 10.5 Å². The Bertz CT molecular complexity index is 920. The second-order valence-electron chi connectivity index (χ2n) is 5.23. The highest BCUT2D eigenvalue weighted by Crippen LogP contribution is 2.22. The Hall–Kier alpha value is -2.93. The average molecular weight is 415 g/mol. The molecule has 0 radical (unpaired) electrons. The summed E-state index contributed by atoms with van der Waals surface area (Å²) in [6, 6.07) is 17.2. The number of hydrogen-bond donors (Lipinski definition) is 0. The van der Waals surface area contributed by atoms with Crippen LogP contribution < -0.4 is 4.74 Å². The van der Waals surface area contributed by atoms with Gasteiger partial charge in [0.15, 0.2) is 5.69 Å². The van der Waals surface area contributed by atoms with Crippen LogP contribution in [0.5, 0.6) is 5.88 Å². The van der Waals surface area contributed by atoms with E-state index >= 15 is 0 Å². The van der Waals surface area contributed by atoms with Crippen LogP contribution in [0.1, 0.15) is 27.8 Å². The highest BCUT2D eigenvalue weighted by atomic mass is 79.9. The molecule has 0 spiro atoms. The molecule has 0 saturated heterocycles. The SMILES string of the molecule is CCOC(=O)c1cc(OC(=O)c2ccc(Br)cc2)n(-c2ccccc2)n1. The molecule has 0 amide bonds. The summed E-state index contributed by atoms with van der Waals surface area (Å²) in [4.78, 5) is 24.4. The molecule has 26 heavy (non-hydrogen) atoms. The Labute approximate surface area is 158 Å². The number of ether oxygens (including phenoxy) is 2. The molecule has 0 aliphatic heterocycles. The van der Waals surface area contributed by atoms with E-state index < -0.39 is 11.9 Å². The van der Waals surface area contributed by atoms with Crippen LogP contribution in [0.2, 0.25) is 0 Å². The van der Waals surface area contributed by atoms with Crippen LogP contribution in [0.4, 0.5) is 0 Å². The van der Waals surface area contributed by atoms with E-state index in [2.05, 4.69) is 21.0 Å². The highest BCUT2D eigenvalue weighted by Gasteiger charge is 2.20. The van der Waals surface area contributed by atoms with Crippen molar-refractivity contribution in [2.24, 2.45) is 0 Å². The number of rotatable bonds is 5. The fourth-order valence-electron chi connectivity index (χ4n) is 2.24. The standard InChI is InChI=1S/C19H15BrN2O4/c1-2-25-19(24)16-12-17(22(21-16)15-6-4-3-5-7-15)26-18(23)13-8-10-14(20)11-9-13/h3-12H,2H2,1H3. The van der Waals surface area contributed by atoms with E-state index in [0.29, 0.717) is 11.3 Å². The summed E-state index contributed by atoms with van der Waals surface area (Å²) in [5.41, 5.74) is 1.10. The topological polar surface area (TPSA) is 70.4 Å². The summed E-state index contributed by atoms with van der Waals surface area (Å²) >= 11 is 3.32. The number of halogens is 1. The Kier molecular flexibility index (Phi) is 5.48. The van der Waals surface area contributed by atoms with Gasteiger partial charge in [-0.25, -0.2) is 9.59 Å². The van der Waals surface area contributed by atoms with E-state index in [0.717, 1.165) is 4.47 Å². The third kappa shape index (κ3) is 4.00. The van der Waals surface area contributed by atoms with Crippen LogP contribution >= 0.6 is 15.9 Å². The molecule has 0 bridgehead atoms. The van der Waals surface area contributed by atoms with E-state index in [1.54, 1.807) is 43.3 Å². The molecule has 7 heteroatoms. The average Bonchev–Trinajstić information content (AvgIpc) is 3.07. The van der Waals surface area contributed by atoms with Gasteiger partial charge in [-0.15, -0.1) is 0 Å². The first-order valence-electron chi connectivity index (χ1n) is 7.89. The normalized spacial score (nSPS) is 10.4. The Morgan fingerprint density at radius 2 is 1.73 bits per heavy atom. The molecular formula is C19H15BrN2O4. The number of para-hydroxylation sites is 1. The number of esters is 2. The summed E-state index contributed by atoms with van der Waals surface area (Å²) < 4.78 is 12.7. The van der Waals surface area contributed by atoms with Gasteiger partial charge in [0.1, 0.15) is 0 Å². The molecule has 6 nitrogen and oxygen atoms in total. The molecule has 0 aliphatic carbocycles. The van der Waals surface area contributed by atoms with Crippen LogP contribution in [0.25, 0.3) is 5.69 Å². The van der Waals surface area contributed by atoms with Crippen molar-refractivity contribution in [2.45, 2.75) is 6.92 Å². The van der Waals surface area contributed by atoms with Crippen molar-refractivity contribution in [3.63, 3.8) is 0 Å². The molecule has 132 valence electrons. The molecule has 1 aromatic heterocycles. The minimum Gasteiger partial charge on any atom is -0.461 e. The van der Waals surface area contributed by atoms with Crippen molar-refractivity contribution in [3.8, 4) is 11.6 Å². The van der Waals surface area contributed by atoms with Crippen molar-refractivity contribution in [1.82, 2.24) is 9.78 Å². The summed E-state index contributed by atoms with van der Waals surface area (Å²) in [6.07, 6.45) is 0. The monoisotopic (exact) mass is 414 g/mol. The smallest absolute Gasteiger partial charge is 0.358 e. The first-order valence-corrected chi connectivity index (χ1v) is 8.68. The molecule has 0 aliphatic rings. The van der Waals surface area contributed by atoms with Gasteiger partial charge in [-0.05, 0) is 43.3 Å². The molecule has 3 rings (SSSR count). The van der Waals surface area contributed by atoms with Gasteiger partial charge in [-0.2, -0.15) is 9.78 Å². The lowest BCUT2D eigenvalue weighted by molar-refractivity contribution is 0.0518. The van der Waals surface area contributed by atoms with Gasteiger partial charge < -0.3 is 9.47 Å². The second kappa shape index (κ2) is 7.97. The fourth-order valence-corrected chi connectivity index (χ4v) is 2.50. The Morgan fingerprint density at radius 3 is 2.38 bits per heavy atom. The Morgan fingerprint density at radius 1 is 1.04 bits per heavy atom. The maximum atomic E-state index is 12.4. The zero-order chi connectivity index (χ0) is 18.5. The van der Waals surface area contributed by atoms with Gasteiger partial charge in [0.2, 0.25) is 5.88 Å². The predicted molar refractivity (Wildman–Crippen MR) is 98.6 cm³/mol. The number of carbonyl (C=O) groups excluding carboxylic acids is 2. The van der Waals surface area contributed by atoms with Gasteiger partial charge in [0.05, 0.1) is 17.9 Å². The number of carbonyl (C=O) groups is 2. The predicted octanol–water partition coefficient (Wildman–Crippen LogP) is 4.03. The number of hydrogen-bond acceptors (Lipinski definition) is 5. The molecule has 0 N–H and O–H groups in total. The zero-order valence-electron chi connectivity index (χ0n) is 13.9. The summed E-state index contributed by atoms with van der Waals surface area (Å²) in [5, 5.41) is 4.22. The summed E-state index contributed by atoms with van der Waals surface area (Å²) in [7, 11) is 0. The number of benzene rings is 2. The second-order valence-corrected chi connectivity index (χ2v) is 6.15. The summed E-state index contributed by atoms with van der Waals surface area (Å²) in [5.74, 6) is -1.000. The van der Waals surface area contributed by atoms with E-state index in [-0.39, 0.29) is 18.2 Å². The lowest BCUT2D eigenvalue weighted by Crippen LogP contribution is -2.11. The molecule has 1 heterocycles. The van der Waals surface area contributed by atoms with E-state index in [1.165, 1.54) is 10.7 Å². The van der Waals surface area contributed by atoms with Crippen molar-refractivity contribution in [3.05, 3.63) is 76.4 Å². The first kappa shape index (κ1) is 17.9. The summed E-state index contributed by atoms with van der Waals surface area (Å²) in [6.45, 7) is 1.94. The van der Waals surface area contributed by atoms with Crippen molar-refractivity contribution in [2.75, 3.05) is 6.61 Å². The van der Waals surface area contributed by atoms with Crippen molar-refractivity contribution in [1.29, 1.82) is 0 Å². The zero-order valence-corrected chi connectivity index (χ0v) is 15.5. The molecule has 0 saturated carbocycles.